The number of hydrogen-bond acceptors (Lipinski definition) is 8. The number of anilines is 1. The fraction of sp³-hybridized carbons (Fsp3) is 0.406. The number of ether oxygens (including phenoxy) is 3. The molecule has 5 rings (SSSR count). The smallest absolute Gasteiger partial charge is 0.489 e. The van der Waals surface area contributed by atoms with Crippen molar-refractivity contribution in [2.45, 2.75) is 31.0 Å². The van der Waals surface area contributed by atoms with Crippen molar-refractivity contribution >= 4 is 17.5 Å². The van der Waals surface area contributed by atoms with Gasteiger partial charge in [0.1, 0.15) is 23.9 Å². The van der Waals surface area contributed by atoms with Crippen molar-refractivity contribution in [1.29, 1.82) is 0 Å². The van der Waals surface area contributed by atoms with Gasteiger partial charge in [-0.15, -0.1) is 13.2 Å². The lowest BCUT2D eigenvalue weighted by atomic mass is 9.89. The number of nitrogens with zero attached hydrogens (tertiary/aromatic N) is 4. The van der Waals surface area contributed by atoms with Gasteiger partial charge in [-0.05, 0) is 55.3 Å². The molecule has 1 N–H and O–H groups in total. The molecule has 3 aromatic rings. The van der Waals surface area contributed by atoms with Crippen LogP contribution in [-0.2, 0) is 11.0 Å². The number of carbonyl (C=O) groups is 2. The molecular weight excluding hydrogens is 650 g/mol. The molecule has 48 heavy (non-hydrogen) atoms. The molecule has 0 spiro atoms. The second-order valence-electron chi connectivity index (χ2n) is 11.2. The van der Waals surface area contributed by atoms with Gasteiger partial charge >= 0.3 is 12.5 Å². The zero-order valence-electron chi connectivity index (χ0n) is 25.5. The molecule has 2 aliphatic rings. The molecule has 0 radical (unpaired) electrons. The molecular formula is C32H32F6N4O6. The molecule has 2 fully saturated rings. The molecule has 2 saturated heterocycles. The summed E-state index contributed by atoms with van der Waals surface area (Å²) in [7, 11) is 0. The highest BCUT2D eigenvalue weighted by Crippen LogP contribution is 2.36. The first-order valence-corrected chi connectivity index (χ1v) is 15.0. The van der Waals surface area contributed by atoms with Crippen molar-refractivity contribution in [3.63, 3.8) is 0 Å². The van der Waals surface area contributed by atoms with Crippen LogP contribution in [0.15, 0.2) is 67.0 Å². The third-order valence-corrected chi connectivity index (χ3v) is 7.98. The fourth-order valence-electron chi connectivity index (χ4n) is 5.85. The molecule has 0 aliphatic carbocycles. The number of aliphatic hydroxyl groups excluding tert-OH is 1. The predicted octanol–water partition coefficient (Wildman–Crippen LogP) is 4.77. The van der Waals surface area contributed by atoms with Gasteiger partial charge in [0.2, 0.25) is 5.60 Å². The Labute approximate surface area is 271 Å². The molecule has 1 aromatic heterocycles. The minimum atomic E-state index is -4.93. The molecule has 0 saturated carbocycles. The molecule has 16 heteroatoms. The van der Waals surface area contributed by atoms with E-state index in [-0.39, 0.29) is 51.4 Å². The Morgan fingerprint density at radius 3 is 2.23 bits per heavy atom. The molecule has 258 valence electrons. The number of halogens is 6. The summed E-state index contributed by atoms with van der Waals surface area (Å²) in [4.78, 5) is 36.2. The summed E-state index contributed by atoms with van der Waals surface area (Å²) in [5.41, 5.74) is -2.87. The molecule has 0 bridgehead atoms. The van der Waals surface area contributed by atoms with Crippen LogP contribution in [0.5, 0.6) is 17.2 Å². The standard InChI is InChI=1S/C32H32F6N4O6/c33-31(34,35)25-10-12-39-20-24(25)28(44)42-13-3-11-30(21-42,47-22-6-8-23(9-7-22)48-32(36,37)38)29(45)41-16-14-40(15-17-41)26-4-1-2-5-27(26)46-19-18-43/h1-2,4-10,12,20,43H,3,11,13-19,21H2. The second-order valence-corrected chi connectivity index (χ2v) is 11.2. The Morgan fingerprint density at radius 2 is 1.56 bits per heavy atom. The highest BCUT2D eigenvalue weighted by Gasteiger charge is 2.49. The Balaban J connectivity index is 1.40. The Bertz CT molecular complexity index is 1580. The summed E-state index contributed by atoms with van der Waals surface area (Å²) in [6.45, 7) is 0.703. The number of para-hydroxylation sites is 2. The molecule has 2 aliphatic heterocycles. The number of amides is 2. The quantitative estimate of drug-likeness (QED) is 0.322. The Hall–Kier alpha value is -4.73. The van der Waals surface area contributed by atoms with Gasteiger partial charge in [0.15, 0.2) is 0 Å². The van der Waals surface area contributed by atoms with Crippen molar-refractivity contribution in [3.8, 4) is 17.2 Å². The van der Waals surface area contributed by atoms with Crippen molar-refractivity contribution < 1.29 is 55.2 Å². The lowest BCUT2D eigenvalue weighted by molar-refractivity contribution is -0.274. The first-order chi connectivity index (χ1) is 22.8. The van der Waals surface area contributed by atoms with E-state index >= 15 is 0 Å². The first-order valence-electron chi connectivity index (χ1n) is 15.0. The SMILES string of the molecule is O=C(c1cnccc1C(F)(F)F)N1CCCC(Oc2ccc(OC(F)(F)F)cc2)(C(=O)N2CCN(c3ccccc3OCCO)CC2)C1. The van der Waals surface area contributed by atoms with Gasteiger partial charge in [-0.2, -0.15) is 13.2 Å². The molecule has 3 heterocycles. The van der Waals surface area contributed by atoms with Crippen LogP contribution in [0.4, 0.5) is 32.0 Å². The number of rotatable bonds is 9. The largest absolute Gasteiger partial charge is 0.573 e. The maximum Gasteiger partial charge on any atom is 0.573 e. The minimum absolute atomic E-state index is 0.00173. The molecule has 2 amide bonds. The summed E-state index contributed by atoms with van der Waals surface area (Å²) < 4.78 is 95.3. The first kappa shape index (κ1) is 34.6. The summed E-state index contributed by atoms with van der Waals surface area (Å²) in [6.07, 6.45) is -7.76. The van der Waals surface area contributed by atoms with Gasteiger partial charge in [-0.1, -0.05) is 12.1 Å². The van der Waals surface area contributed by atoms with E-state index in [2.05, 4.69) is 9.72 Å². The van der Waals surface area contributed by atoms with Crippen LogP contribution in [0.2, 0.25) is 0 Å². The second kappa shape index (κ2) is 14.2. The number of carbonyl (C=O) groups excluding carboxylic acids is 2. The van der Waals surface area contributed by atoms with Gasteiger partial charge in [0, 0.05) is 45.1 Å². The number of hydrogen-bond donors (Lipinski definition) is 1. The highest BCUT2D eigenvalue weighted by molar-refractivity contribution is 5.96. The van der Waals surface area contributed by atoms with E-state index in [1.54, 1.807) is 12.1 Å². The van der Waals surface area contributed by atoms with Crippen molar-refractivity contribution in [3.05, 3.63) is 78.1 Å². The van der Waals surface area contributed by atoms with Crippen molar-refractivity contribution in [2.75, 3.05) is 57.4 Å². The van der Waals surface area contributed by atoms with E-state index in [9.17, 15) is 41.0 Å². The number of aromatic nitrogens is 1. The van der Waals surface area contributed by atoms with Gasteiger partial charge in [0.25, 0.3) is 11.8 Å². The molecule has 10 nitrogen and oxygen atoms in total. The number of alkyl halides is 6. The van der Waals surface area contributed by atoms with Crippen LogP contribution in [-0.4, -0.2) is 96.2 Å². The summed E-state index contributed by atoms with van der Waals surface area (Å²) in [6, 6.07) is 12.3. The number of benzene rings is 2. The fourth-order valence-corrected chi connectivity index (χ4v) is 5.85. The highest BCUT2D eigenvalue weighted by atomic mass is 19.4. The van der Waals surface area contributed by atoms with Crippen LogP contribution >= 0.6 is 0 Å². The van der Waals surface area contributed by atoms with E-state index in [4.69, 9.17) is 9.47 Å². The van der Waals surface area contributed by atoms with Crippen LogP contribution in [0.25, 0.3) is 0 Å². The third kappa shape index (κ3) is 8.03. The maximum absolute atomic E-state index is 14.3. The number of piperidine rings is 1. The van der Waals surface area contributed by atoms with Crippen molar-refractivity contribution in [1.82, 2.24) is 14.8 Å². The molecule has 1 atom stereocenters. The third-order valence-electron chi connectivity index (χ3n) is 7.98. The van der Waals surface area contributed by atoms with Crippen LogP contribution in [0.1, 0.15) is 28.8 Å². The Morgan fingerprint density at radius 1 is 0.875 bits per heavy atom. The van der Waals surface area contributed by atoms with Crippen LogP contribution in [0, 0.1) is 0 Å². The number of likely N-dealkylation sites (tertiary alicyclic amines) is 1. The summed E-state index contributed by atoms with van der Waals surface area (Å²) in [5.74, 6) is -1.49. The number of piperazine rings is 1. The monoisotopic (exact) mass is 682 g/mol. The molecule has 1 unspecified atom stereocenters. The number of aliphatic hydroxyl groups is 1. The zero-order chi connectivity index (χ0) is 34.5. The number of pyridine rings is 1. The normalized spacial score (nSPS) is 18.8. The van der Waals surface area contributed by atoms with E-state index in [0.717, 1.165) is 35.1 Å². The van der Waals surface area contributed by atoms with Gasteiger partial charge < -0.3 is 34.0 Å². The zero-order valence-corrected chi connectivity index (χ0v) is 25.5. The summed E-state index contributed by atoms with van der Waals surface area (Å²) in [5, 5.41) is 9.18. The van der Waals surface area contributed by atoms with Crippen LogP contribution in [0.3, 0.4) is 0 Å². The van der Waals surface area contributed by atoms with E-state index < -0.39 is 53.4 Å². The summed E-state index contributed by atoms with van der Waals surface area (Å²) >= 11 is 0. The van der Waals surface area contributed by atoms with E-state index in [1.807, 2.05) is 17.0 Å². The maximum atomic E-state index is 14.3. The van der Waals surface area contributed by atoms with Gasteiger partial charge in [-0.3, -0.25) is 14.6 Å². The van der Waals surface area contributed by atoms with Gasteiger partial charge in [0.05, 0.1) is 30.0 Å². The predicted molar refractivity (Wildman–Crippen MR) is 159 cm³/mol. The lowest BCUT2D eigenvalue weighted by Gasteiger charge is -2.45. The van der Waals surface area contributed by atoms with Crippen molar-refractivity contribution in [2.24, 2.45) is 0 Å². The van der Waals surface area contributed by atoms with E-state index in [1.165, 1.54) is 17.0 Å². The Kier molecular flexibility index (Phi) is 10.2. The topological polar surface area (TPSA) is 105 Å². The van der Waals surface area contributed by atoms with E-state index in [0.29, 0.717) is 24.9 Å². The average molecular weight is 683 g/mol. The van der Waals surface area contributed by atoms with Gasteiger partial charge in [-0.25, -0.2) is 0 Å². The average Bonchev–Trinajstić information content (AvgIpc) is 3.07. The van der Waals surface area contributed by atoms with Crippen LogP contribution < -0.4 is 19.1 Å². The lowest BCUT2D eigenvalue weighted by Crippen LogP contribution is -2.64. The minimum Gasteiger partial charge on any atom is -0.489 e. The molecule has 2 aromatic carbocycles.